The van der Waals surface area contributed by atoms with Gasteiger partial charge in [0.05, 0.1) is 22.1 Å². The maximum Gasteiger partial charge on any atom is 0.164 e. The molecule has 0 atom stereocenters. The SMILES string of the molecule is c1ccc(-c2cccc(-n3c4ccccc4c4cc(-c5ccc(-n6c7ccccc7c7c(-c8cccc(-c9nc(-c%10ccccc%10)nc(-c%10ccccc%10)n9)c8)cccc76)cc5)ccc43)c2)cc1. The van der Waals surface area contributed by atoms with Gasteiger partial charge in [0.2, 0.25) is 0 Å². The summed E-state index contributed by atoms with van der Waals surface area (Å²) in [5.74, 6) is 1.92. The standard InChI is InChI=1S/C63H41N5/c1-4-17-42(18-5-1)46-23-15-26-51(40-46)68-56-30-12-10-27-53(56)55-41-47(35-38-58(55)68)43-33-36-50(37-34-43)67-57-31-13-11-28-54(57)60-52(29-16-32-59(60)67)48-24-14-25-49(39-48)63-65-61(44-19-6-2-7-20-44)64-62(66-63)45-21-8-3-9-22-45/h1-41H. The molecule has 0 saturated carbocycles. The van der Waals surface area contributed by atoms with Crippen molar-refractivity contribution >= 4 is 43.6 Å². The Bertz CT molecular complexity index is 3940. The second-order valence-electron chi connectivity index (χ2n) is 17.2. The van der Waals surface area contributed by atoms with Crippen molar-refractivity contribution in [2.75, 3.05) is 0 Å². The molecular formula is C63H41N5. The molecule has 10 aromatic carbocycles. The van der Waals surface area contributed by atoms with Gasteiger partial charge in [0, 0.05) is 49.6 Å². The van der Waals surface area contributed by atoms with Crippen molar-refractivity contribution in [1.29, 1.82) is 0 Å². The Morgan fingerprint density at radius 1 is 0.235 bits per heavy atom. The maximum atomic E-state index is 5.05. The number of nitrogens with zero attached hydrogens (tertiary/aromatic N) is 5. The van der Waals surface area contributed by atoms with Crippen LogP contribution in [0, 0.1) is 0 Å². The van der Waals surface area contributed by atoms with Crippen molar-refractivity contribution in [1.82, 2.24) is 24.1 Å². The summed E-state index contributed by atoms with van der Waals surface area (Å²) < 4.78 is 4.79. The summed E-state index contributed by atoms with van der Waals surface area (Å²) in [6, 6.07) is 88.3. The number of benzene rings is 10. The smallest absolute Gasteiger partial charge is 0.164 e. The molecular weight excluding hydrogens is 827 g/mol. The zero-order valence-electron chi connectivity index (χ0n) is 36.9. The van der Waals surface area contributed by atoms with E-state index < -0.39 is 0 Å². The first kappa shape index (κ1) is 39.2. The fourth-order valence-electron chi connectivity index (χ4n) is 9.99. The minimum atomic E-state index is 0.632. The fraction of sp³-hybridized carbons (Fsp3) is 0. The zero-order chi connectivity index (χ0) is 45.0. The molecule has 68 heavy (non-hydrogen) atoms. The molecule has 5 heteroatoms. The van der Waals surface area contributed by atoms with Crippen molar-refractivity contribution in [3.8, 4) is 78.9 Å². The van der Waals surface area contributed by atoms with Gasteiger partial charge in [-0.05, 0) is 94.0 Å². The Balaban J connectivity index is 0.883. The first-order chi connectivity index (χ1) is 33.7. The number of hydrogen-bond donors (Lipinski definition) is 0. The third kappa shape index (κ3) is 6.76. The topological polar surface area (TPSA) is 48.5 Å². The normalized spacial score (nSPS) is 11.5. The molecule has 0 N–H and O–H groups in total. The van der Waals surface area contributed by atoms with Crippen molar-refractivity contribution in [3.63, 3.8) is 0 Å². The van der Waals surface area contributed by atoms with Crippen LogP contribution >= 0.6 is 0 Å². The van der Waals surface area contributed by atoms with Gasteiger partial charge in [-0.1, -0.05) is 188 Å². The van der Waals surface area contributed by atoms with Crippen molar-refractivity contribution < 1.29 is 0 Å². The molecule has 0 aliphatic heterocycles. The van der Waals surface area contributed by atoms with Gasteiger partial charge in [-0.3, -0.25) is 0 Å². The van der Waals surface area contributed by atoms with E-state index in [1.807, 2.05) is 60.7 Å². The highest BCUT2D eigenvalue weighted by Gasteiger charge is 2.19. The quantitative estimate of drug-likeness (QED) is 0.153. The average Bonchev–Trinajstić information content (AvgIpc) is 3.94. The molecule has 0 fully saturated rings. The van der Waals surface area contributed by atoms with E-state index in [9.17, 15) is 0 Å². The summed E-state index contributed by atoms with van der Waals surface area (Å²) in [5, 5.41) is 4.86. The van der Waals surface area contributed by atoms with Crippen LogP contribution in [0.15, 0.2) is 249 Å². The minimum absolute atomic E-state index is 0.632. The molecule has 3 heterocycles. The molecule has 0 bridgehead atoms. The Morgan fingerprint density at radius 3 is 1.40 bits per heavy atom. The second-order valence-corrected chi connectivity index (χ2v) is 17.2. The monoisotopic (exact) mass is 867 g/mol. The number of hydrogen-bond acceptors (Lipinski definition) is 3. The lowest BCUT2D eigenvalue weighted by Gasteiger charge is -2.12. The van der Waals surface area contributed by atoms with Crippen molar-refractivity contribution in [2.45, 2.75) is 0 Å². The molecule has 318 valence electrons. The van der Waals surface area contributed by atoms with Gasteiger partial charge in [0.1, 0.15) is 0 Å². The lowest BCUT2D eigenvalue weighted by atomic mass is 9.97. The van der Waals surface area contributed by atoms with E-state index in [0.29, 0.717) is 17.5 Å². The summed E-state index contributed by atoms with van der Waals surface area (Å²) in [7, 11) is 0. The lowest BCUT2D eigenvalue weighted by Crippen LogP contribution is -2.00. The van der Waals surface area contributed by atoms with E-state index in [1.165, 1.54) is 54.8 Å². The molecule has 0 saturated heterocycles. The molecule has 13 rings (SSSR count). The Morgan fingerprint density at radius 2 is 0.691 bits per heavy atom. The predicted octanol–water partition coefficient (Wildman–Crippen LogP) is 16.1. The lowest BCUT2D eigenvalue weighted by molar-refractivity contribution is 1.07. The number of rotatable bonds is 8. The largest absolute Gasteiger partial charge is 0.309 e. The van der Waals surface area contributed by atoms with E-state index in [-0.39, 0.29) is 0 Å². The van der Waals surface area contributed by atoms with Crippen LogP contribution in [0.25, 0.3) is 123 Å². The van der Waals surface area contributed by atoms with Gasteiger partial charge < -0.3 is 9.13 Å². The zero-order valence-corrected chi connectivity index (χ0v) is 36.9. The van der Waals surface area contributed by atoms with Gasteiger partial charge in [-0.15, -0.1) is 0 Å². The van der Waals surface area contributed by atoms with E-state index in [0.717, 1.165) is 50.2 Å². The molecule has 5 nitrogen and oxygen atoms in total. The molecule has 3 aromatic heterocycles. The molecule has 13 aromatic rings. The third-order valence-electron chi connectivity index (χ3n) is 13.2. The van der Waals surface area contributed by atoms with Crippen LogP contribution in [0.4, 0.5) is 0 Å². The van der Waals surface area contributed by atoms with E-state index in [1.54, 1.807) is 0 Å². The van der Waals surface area contributed by atoms with Crippen LogP contribution in [-0.2, 0) is 0 Å². The molecule has 0 aliphatic rings. The van der Waals surface area contributed by atoms with Crippen LogP contribution in [0.2, 0.25) is 0 Å². The van der Waals surface area contributed by atoms with Gasteiger partial charge in [-0.25, -0.2) is 15.0 Å². The first-order valence-electron chi connectivity index (χ1n) is 23.0. The highest BCUT2D eigenvalue weighted by atomic mass is 15.0. The van der Waals surface area contributed by atoms with E-state index >= 15 is 0 Å². The minimum Gasteiger partial charge on any atom is -0.309 e. The summed E-state index contributed by atoms with van der Waals surface area (Å²) in [5.41, 5.74) is 16.7. The molecule has 0 unspecified atom stereocenters. The molecule has 0 spiro atoms. The van der Waals surface area contributed by atoms with Crippen LogP contribution < -0.4 is 0 Å². The molecule has 0 aliphatic carbocycles. The Labute approximate surface area is 393 Å². The number of para-hydroxylation sites is 2. The van der Waals surface area contributed by atoms with Gasteiger partial charge in [-0.2, -0.15) is 0 Å². The number of aromatic nitrogens is 5. The van der Waals surface area contributed by atoms with Crippen LogP contribution in [0.5, 0.6) is 0 Å². The Hall–Kier alpha value is -9.19. The Kier molecular flexibility index (Phi) is 9.43. The number of fused-ring (bicyclic) bond motifs is 6. The van der Waals surface area contributed by atoms with Crippen LogP contribution in [-0.4, -0.2) is 24.1 Å². The summed E-state index contributed by atoms with van der Waals surface area (Å²) in [6.45, 7) is 0. The van der Waals surface area contributed by atoms with Crippen molar-refractivity contribution in [2.24, 2.45) is 0 Å². The molecule has 0 radical (unpaired) electrons. The highest BCUT2D eigenvalue weighted by molar-refractivity contribution is 6.16. The second kappa shape index (κ2) is 16.4. The maximum absolute atomic E-state index is 5.05. The average molecular weight is 868 g/mol. The van der Waals surface area contributed by atoms with Crippen LogP contribution in [0.1, 0.15) is 0 Å². The molecule has 0 amide bonds. The predicted molar refractivity (Wildman–Crippen MR) is 281 cm³/mol. The fourth-order valence-corrected chi connectivity index (χ4v) is 9.99. The highest BCUT2D eigenvalue weighted by Crippen LogP contribution is 2.41. The van der Waals surface area contributed by atoms with Crippen molar-refractivity contribution in [3.05, 3.63) is 249 Å². The van der Waals surface area contributed by atoms with Crippen LogP contribution in [0.3, 0.4) is 0 Å². The summed E-state index contributed by atoms with van der Waals surface area (Å²) >= 11 is 0. The van der Waals surface area contributed by atoms with Gasteiger partial charge in [0.25, 0.3) is 0 Å². The summed E-state index contributed by atoms with van der Waals surface area (Å²) in [6.07, 6.45) is 0. The van der Waals surface area contributed by atoms with Gasteiger partial charge >= 0.3 is 0 Å². The van der Waals surface area contributed by atoms with E-state index in [2.05, 4.69) is 197 Å². The van der Waals surface area contributed by atoms with Gasteiger partial charge in [0.15, 0.2) is 17.5 Å². The summed E-state index contributed by atoms with van der Waals surface area (Å²) in [4.78, 5) is 15.0. The van der Waals surface area contributed by atoms with E-state index in [4.69, 9.17) is 15.0 Å². The third-order valence-corrected chi connectivity index (χ3v) is 13.2. The first-order valence-corrected chi connectivity index (χ1v) is 23.0.